The average molecular weight is 256 g/mol. The van der Waals surface area contributed by atoms with Crippen molar-refractivity contribution >= 4 is 0 Å². The van der Waals surface area contributed by atoms with E-state index in [-0.39, 0.29) is 6.04 Å². The van der Waals surface area contributed by atoms with E-state index in [9.17, 15) is 0 Å². The van der Waals surface area contributed by atoms with Crippen LogP contribution in [0.15, 0.2) is 48.5 Å². The summed E-state index contributed by atoms with van der Waals surface area (Å²) in [7, 11) is 1.67. The lowest BCUT2D eigenvalue weighted by molar-refractivity contribution is 0.414. The zero-order valence-corrected chi connectivity index (χ0v) is 11.4. The zero-order valence-electron chi connectivity index (χ0n) is 11.4. The third-order valence-corrected chi connectivity index (χ3v) is 3.28. The summed E-state index contributed by atoms with van der Waals surface area (Å²) >= 11 is 0. The van der Waals surface area contributed by atoms with Crippen LogP contribution in [0.1, 0.15) is 22.7 Å². The molecule has 3 heteroatoms. The number of hydrazine groups is 1. The number of benzene rings is 2. The van der Waals surface area contributed by atoms with Gasteiger partial charge in [-0.15, -0.1) is 0 Å². The Bertz CT molecular complexity index is 505. The third kappa shape index (κ3) is 3.56. The Kier molecular flexibility index (Phi) is 4.55. The highest BCUT2D eigenvalue weighted by Gasteiger charge is 2.10. The number of ether oxygens (including phenoxy) is 1. The third-order valence-electron chi connectivity index (χ3n) is 3.28. The zero-order chi connectivity index (χ0) is 13.7. The fraction of sp³-hybridized carbons (Fsp3) is 0.250. The van der Waals surface area contributed by atoms with E-state index in [1.165, 1.54) is 11.1 Å². The minimum Gasteiger partial charge on any atom is -0.497 e. The Morgan fingerprint density at radius 1 is 1.05 bits per heavy atom. The van der Waals surface area contributed by atoms with Crippen LogP contribution in [0.5, 0.6) is 5.75 Å². The number of nitrogens with one attached hydrogen (secondary N) is 1. The van der Waals surface area contributed by atoms with Gasteiger partial charge in [-0.1, -0.05) is 42.0 Å². The molecule has 0 fully saturated rings. The van der Waals surface area contributed by atoms with Crippen LogP contribution < -0.4 is 16.0 Å². The number of hydrogen-bond acceptors (Lipinski definition) is 3. The maximum absolute atomic E-state index is 5.67. The predicted octanol–water partition coefficient (Wildman–Crippen LogP) is 2.75. The predicted molar refractivity (Wildman–Crippen MR) is 77.9 cm³/mol. The van der Waals surface area contributed by atoms with Crippen LogP contribution in [0, 0.1) is 6.92 Å². The van der Waals surface area contributed by atoms with Gasteiger partial charge < -0.3 is 4.74 Å². The highest BCUT2D eigenvalue weighted by atomic mass is 16.5. The molecule has 0 heterocycles. The molecular weight excluding hydrogens is 236 g/mol. The second-order valence-corrected chi connectivity index (χ2v) is 4.68. The SMILES string of the molecule is COc1ccc(C(Cc2ccc(C)cc2)NN)cc1. The van der Waals surface area contributed by atoms with Crippen LogP contribution in [-0.2, 0) is 6.42 Å². The van der Waals surface area contributed by atoms with Gasteiger partial charge in [-0.3, -0.25) is 11.3 Å². The summed E-state index contributed by atoms with van der Waals surface area (Å²) in [6, 6.07) is 16.6. The molecular formula is C16H20N2O. The van der Waals surface area contributed by atoms with Crippen LogP contribution >= 0.6 is 0 Å². The van der Waals surface area contributed by atoms with E-state index in [0.29, 0.717) is 0 Å². The fourth-order valence-corrected chi connectivity index (χ4v) is 2.07. The van der Waals surface area contributed by atoms with Crippen molar-refractivity contribution in [3.8, 4) is 5.75 Å². The van der Waals surface area contributed by atoms with Crippen molar-refractivity contribution in [1.29, 1.82) is 0 Å². The Balaban J connectivity index is 2.12. The van der Waals surface area contributed by atoms with E-state index in [4.69, 9.17) is 10.6 Å². The molecule has 2 aromatic carbocycles. The highest BCUT2D eigenvalue weighted by molar-refractivity contribution is 5.31. The first-order valence-corrected chi connectivity index (χ1v) is 6.38. The lowest BCUT2D eigenvalue weighted by Crippen LogP contribution is -2.29. The maximum atomic E-state index is 5.67. The Morgan fingerprint density at radius 3 is 2.21 bits per heavy atom. The van der Waals surface area contributed by atoms with Gasteiger partial charge in [0.15, 0.2) is 0 Å². The molecule has 0 aliphatic rings. The van der Waals surface area contributed by atoms with E-state index in [2.05, 4.69) is 36.6 Å². The molecule has 1 atom stereocenters. The van der Waals surface area contributed by atoms with Crippen molar-refractivity contribution in [2.45, 2.75) is 19.4 Å². The van der Waals surface area contributed by atoms with Crippen LogP contribution in [-0.4, -0.2) is 7.11 Å². The molecule has 19 heavy (non-hydrogen) atoms. The second-order valence-electron chi connectivity index (χ2n) is 4.68. The maximum Gasteiger partial charge on any atom is 0.118 e. The monoisotopic (exact) mass is 256 g/mol. The number of rotatable bonds is 5. The quantitative estimate of drug-likeness (QED) is 0.639. The molecule has 100 valence electrons. The largest absolute Gasteiger partial charge is 0.497 e. The molecule has 0 spiro atoms. The van der Waals surface area contributed by atoms with Gasteiger partial charge in [0.25, 0.3) is 0 Å². The standard InChI is InChI=1S/C16H20N2O/c1-12-3-5-13(6-4-12)11-16(18-17)14-7-9-15(19-2)10-8-14/h3-10,16,18H,11,17H2,1-2H3. The number of aryl methyl sites for hydroxylation is 1. The minimum absolute atomic E-state index is 0.105. The smallest absolute Gasteiger partial charge is 0.118 e. The van der Waals surface area contributed by atoms with Crippen LogP contribution in [0.25, 0.3) is 0 Å². The normalized spacial score (nSPS) is 12.2. The molecule has 1 unspecified atom stereocenters. The first kappa shape index (κ1) is 13.6. The van der Waals surface area contributed by atoms with Crippen molar-refractivity contribution in [2.75, 3.05) is 7.11 Å². The highest BCUT2D eigenvalue weighted by Crippen LogP contribution is 2.20. The minimum atomic E-state index is 0.105. The molecule has 0 saturated carbocycles. The van der Waals surface area contributed by atoms with Gasteiger partial charge >= 0.3 is 0 Å². The van der Waals surface area contributed by atoms with Gasteiger partial charge in [0.1, 0.15) is 5.75 Å². The summed E-state index contributed by atoms with van der Waals surface area (Å²) in [5.74, 6) is 6.53. The van der Waals surface area contributed by atoms with Gasteiger partial charge in [0.2, 0.25) is 0 Å². The molecule has 3 N–H and O–H groups in total. The fourth-order valence-electron chi connectivity index (χ4n) is 2.07. The molecule has 2 aromatic rings. The Hall–Kier alpha value is -1.84. The summed E-state index contributed by atoms with van der Waals surface area (Å²) in [5, 5.41) is 0. The molecule has 0 aliphatic heterocycles. The van der Waals surface area contributed by atoms with Gasteiger partial charge in [0.05, 0.1) is 7.11 Å². The summed E-state index contributed by atoms with van der Waals surface area (Å²) in [6.45, 7) is 2.09. The molecule has 2 rings (SSSR count). The van der Waals surface area contributed by atoms with E-state index < -0.39 is 0 Å². The molecule has 0 saturated heterocycles. The van der Waals surface area contributed by atoms with Crippen LogP contribution in [0.3, 0.4) is 0 Å². The molecule has 0 aromatic heterocycles. The molecule has 0 radical (unpaired) electrons. The van der Waals surface area contributed by atoms with E-state index >= 15 is 0 Å². The first-order valence-electron chi connectivity index (χ1n) is 6.38. The number of hydrogen-bond donors (Lipinski definition) is 2. The number of nitrogens with two attached hydrogens (primary N) is 1. The van der Waals surface area contributed by atoms with Crippen molar-refractivity contribution in [3.63, 3.8) is 0 Å². The van der Waals surface area contributed by atoms with Gasteiger partial charge in [-0.2, -0.15) is 0 Å². The van der Waals surface area contributed by atoms with Gasteiger partial charge in [-0.25, -0.2) is 0 Å². The Morgan fingerprint density at radius 2 is 1.68 bits per heavy atom. The van der Waals surface area contributed by atoms with Crippen LogP contribution in [0.4, 0.5) is 0 Å². The second kappa shape index (κ2) is 6.36. The van der Waals surface area contributed by atoms with Crippen molar-refractivity contribution < 1.29 is 4.74 Å². The van der Waals surface area contributed by atoms with E-state index in [0.717, 1.165) is 17.7 Å². The van der Waals surface area contributed by atoms with Gasteiger partial charge in [-0.05, 0) is 36.6 Å². The topological polar surface area (TPSA) is 47.3 Å². The van der Waals surface area contributed by atoms with Crippen molar-refractivity contribution in [2.24, 2.45) is 5.84 Å². The summed E-state index contributed by atoms with van der Waals surface area (Å²) in [5.41, 5.74) is 6.57. The van der Waals surface area contributed by atoms with Crippen molar-refractivity contribution in [3.05, 3.63) is 65.2 Å². The van der Waals surface area contributed by atoms with E-state index in [1.54, 1.807) is 7.11 Å². The lowest BCUT2D eigenvalue weighted by atomic mass is 9.99. The summed E-state index contributed by atoms with van der Waals surface area (Å²) in [4.78, 5) is 0. The Labute approximate surface area is 114 Å². The molecule has 0 amide bonds. The number of methoxy groups -OCH3 is 1. The van der Waals surface area contributed by atoms with Crippen LogP contribution in [0.2, 0.25) is 0 Å². The molecule has 0 aliphatic carbocycles. The lowest BCUT2D eigenvalue weighted by Gasteiger charge is -2.17. The molecule has 0 bridgehead atoms. The summed E-state index contributed by atoms with van der Waals surface area (Å²) in [6.07, 6.45) is 0.864. The molecule has 3 nitrogen and oxygen atoms in total. The average Bonchev–Trinajstić information content (AvgIpc) is 2.47. The van der Waals surface area contributed by atoms with Crippen molar-refractivity contribution in [1.82, 2.24) is 5.43 Å². The van der Waals surface area contributed by atoms with Gasteiger partial charge in [0, 0.05) is 6.04 Å². The van der Waals surface area contributed by atoms with E-state index in [1.807, 2.05) is 24.3 Å². The summed E-state index contributed by atoms with van der Waals surface area (Å²) < 4.78 is 5.16. The first-order chi connectivity index (χ1) is 9.22.